The number of nitrogens with zero attached hydrogens (tertiary/aromatic N) is 1. The van der Waals surface area contributed by atoms with Gasteiger partial charge in [-0.1, -0.05) is 15.9 Å². The van der Waals surface area contributed by atoms with E-state index in [4.69, 9.17) is 5.26 Å². The second-order valence-electron chi connectivity index (χ2n) is 4.47. The van der Waals surface area contributed by atoms with E-state index in [0.29, 0.717) is 11.1 Å². The molecule has 0 radical (unpaired) electrons. The smallest absolute Gasteiger partial charge is 0.251 e. The van der Waals surface area contributed by atoms with Crippen molar-refractivity contribution in [3.05, 3.63) is 35.4 Å². The second-order valence-corrected chi connectivity index (χ2v) is 5.26. The zero-order valence-electron chi connectivity index (χ0n) is 9.96. The molecule has 90 valence electrons. The van der Waals surface area contributed by atoms with Crippen LogP contribution in [-0.4, -0.2) is 16.8 Å². The molecule has 0 heterocycles. The third-order valence-corrected chi connectivity index (χ3v) is 2.84. The first kappa shape index (κ1) is 13.7. The molecular weight excluding hydrogens is 280 g/mol. The lowest BCUT2D eigenvalue weighted by Gasteiger charge is -2.25. The van der Waals surface area contributed by atoms with Crippen LogP contribution in [0.25, 0.3) is 0 Å². The molecule has 0 unspecified atom stereocenters. The monoisotopic (exact) mass is 294 g/mol. The summed E-state index contributed by atoms with van der Waals surface area (Å²) in [6, 6.07) is 8.64. The van der Waals surface area contributed by atoms with Crippen LogP contribution >= 0.6 is 15.9 Å². The first-order valence-electron chi connectivity index (χ1n) is 5.37. The summed E-state index contributed by atoms with van der Waals surface area (Å²) in [7, 11) is 0. The fraction of sp³-hybridized carbons (Fsp3) is 0.385. The molecule has 0 aromatic heterocycles. The van der Waals surface area contributed by atoms with Crippen molar-refractivity contribution in [1.82, 2.24) is 5.32 Å². The SMILES string of the molecule is CC(C)(CCBr)NC(=O)c1ccc(C#N)cc1. The molecular formula is C13H15BrN2O. The van der Waals surface area contributed by atoms with Gasteiger partial charge in [-0.25, -0.2) is 0 Å². The minimum absolute atomic E-state index is 0.111. The average molecular weight is 295 g/mol. The summed E-state index contributed by atoms with van der Waals surface area (Å²) < 4.78 is 0. The normalized spacial score (nSPS) is 10.7. The maximum Gasteiger partial charge on any atom is 0.251 e. The van der Waals surface area contributed by atoms with Crippen molar-refractivity contribution in [2.24, 2.45) is 0 Å². The van der Waals surface area contributed by atoms with Crippen LogP contribution in [0.15, 0.2) is 24.3 Å². The van der Waals surface area contributed by atoms with Crippen LogP contribution in [0.3, 0.4) is 0 Å². The van der Waals surface area contributed by atoms with Gasteiger partial charge in [-0.2, -0.15) is 5.26 Å². The van der Waals surface area contributed by atoms with Crippen LogP contribution in [0.5, 0.6) is 0 Å². The standard InChI is InChI=1S/C13H15BrN2O/c1-13(2,7-8-14)16-12(17)11-5-3-10(9-15)4-6-11/h3-6H,7-8H2,1-2H3,(H,16,17). The topological polar surface area (TPSA) is 52.9 Å². The van der Waals surface area contributed by atoms with E-state index in [1.54, 1.807) is 24.3 Å². The Morgan fingerprint density at radius 2 is 2.00 bits per heavy atom. The Labute approximate surface area is 110 Å². The Hall–Kier alpha value is -1.34. The van der Waals surface area contributed by atoms with Crippen LogP contribution in [0.4, 0.5) is 0 Å². The minimum Gasteiger partial charge on any atom is -0.347 e. The molecule has 0 saturated carbocycles. The number of carbonyl (C=O) groups is 1. The number of nitriles is 1. The first-order valence-corrected chi connectivity index (χ1v) is 6.49. The molecule has 17 heavy (non-hydrogen) atoms. The highest BCUT2D eigenvalue weighted by molar-refractivity contribution is 9.09. The molecule has 0 aliphatic heterocycles. The van der Waals surface area contributed by atoms with E-state index in [9.17, 15) is 4.79 Å². The number of carbonyl (C=O) groups excluding carboxylic acids is 1. The molecule has 1 aromatic carbocycles. The number of hydrogen-bond acceptors (Lipinski definition) is 2. The van der Waals surface area contributed by atoms with Gasteiger partial charge >= 0.3 is 0 Å². The van der Waals surface area contributed by atoms with Gasteiger partial charge < -0.3 is 5.32 Å². The largest absolute Gasteiger partial charge is 0.347 e. The number of nitrogens with one attached hydrogen (secondary N) is 1. The van der Waals surface area contributed by atoms with Crippen LogP contribution in [0, 0.1) is 11.3 Å². The Morgan fingerprint density at radius 1 is 1.41 bits per heavy atom. The highest BCUT2D eigenvalue weighted by Gasteiger charge is 2.20. The quantitative estimate of drug-likeness (QED) is 0.868. The molecule has 0 aliphatic carbocycles. The lowest BCUT2D eigenvalue weighted by Crippen LogP contribution is -2.43. The van der Waals surface area contributed by atoms with Gasteiger partial charge in [0.2, 0.25) is 0 Å². The number of halogens is 1. The Morgan fingerprint density at radius 3 is 2.47 bits per heavy atom. The Bertz CT molecular complexity index is 432. The summed E-state index contributed by atoms with van der Waals surface area (Å²) in [6.45, 7) is 3.96. The molecule has 4 heteroatoms. The highest BCUT2D eigenvalue weighted by Crippen LogP contribution is 2.12. The lowest BCUT2D eigenvalue weighted by molar-refractivity contribution is 0.0912. The van der Waals surface area contributed by atoms with Gasteiger partial charge in [0.1, 0.15) is 0 Å². The van der Waals surface area contributed by atoms with Crippen molar-refractivity contribution < 1.29 is 4.79 Å². The van der Waals surface area contributed by atoms with E-state index in [0.717, 1.165) is 11.8 Å². The van der Waals surface area contributed by atoms with Crippen molar-refractivity contribution >= 4 is 21.8 Å². The zero-order valence-corrected chi connectivity index (χ0v) is 11.5. The molecule has 1 N–H and O–H groups in total. The summed E-state index contributed by atoms with van der Waals surface area (Å²) in [5.74, 6) is -0.111. The third kappa shape index (κ3) is 4.20. The van der Waals surface area contributed by atoms with Gasteiger partial charge in [0.25, 0.3) is 5.91 Å². The Balaban J connectivity index is 2.73. The van der Waals surface area contributed by atoms with E-state index in [1.807, 2.05) is 19.9 Å². The van der Waals surface area contributed by atoms with Gasteiger partial charge in [-0.3, -0.25) is 4.79 Å². The number of hydrogen-bond donors (Lipinski definition) is 1. The second kappa shape index (κ2) is 5.83. The maximum absolute atomic E-state index is 11.9. The molecule has 0 spiro atoms. The van der Waals surface area contributed by atoms with Gasteiger partial charge in [0, 0.05) is 16.4 Å². The number of rotatable bonds is 4. The van der Waals surface area contributed by atoms with Crippen LogP contribution < -0.4 is 5.32 Å². The van der Waals surface area contributed by atoms with Crippen molar-refractivity contribution in [2.45, 2.75) is 25.8 Å². The molecule has 0 aliphatic rings. The van der Waals surface area contributed by atoms with Gasteiger partial charge in [0.15, 0.2) is 0 Å². The number of amides is 1. The summed E-state index contributed by atoms with van der Waals surface area (Å²) >= 11 is 3.36. The summed E-state index contributed by atoms with van der Waals surface area (Å²) in [4.78, 5) is 11.9. The molecule has 0 bridgehead atoms. The van der Waals surface area contributed by atoms with E-state index in [2.05, 4.69) is 21.2 Å². The predicted molar refractivity (Wildman–Crippen MR) is 71.1 cm³/mol. The predicted octanol–water partition coefficient (Wildman–Crippen LogP) is 2.85. The fourth-order valence-electron chi connectivity index (χ4n) is 1.37. The van der Waals surface area contributed by atoms with Crippen molar-refractivity contribution in [1.29, 1.82) is 5.26 Å². The third-order valence-electron chi connectivity index (χ3n) is 2.45. The van der Waals surface area contributed by atoms with E-state index >= 15 is 0 Å². The Kier molecular flexibility index (Phi) is 4.71. The van der Waals surface area contributed by atoms with E-state index in [1.165, 1.54) is 0 Å². The van der Waals surface area contributed by atoms with Gasteiger partial charge in [-0.05, 0) is 44.5 Å². The number of alkyl halides is 1. The number of benzene rings is 1. The summed E-state index contributed by atoms with van der Waals surface area (Å²) in [5, 5.41) is 12.5. The molecule has 0 fully saturated rings. The summed E-state index contributed by atoms with van der Waals surface area (Å²) in [6.07, 6.45) is 0.856. The van der Waals surface area contributed by atoms with E-state index < -0.39 is 0 Å². The van der Waals surface area contributed by atoms with Crippen LogP contribution in [0.1, 0.15) is 36.2 Å². The van der Waals surface area contributed by atoms with Gasteiger partial charge in [-0.15, -0.1) is 0 Å². The van der Waals surface area contributed by atoms with Crippen LogP contribution in [0.2, 0.25) is 0 Å². The maximum atomic E-state index is 11.9. The van der Waals surface area contributed by atoms with E-state index in [-0.39, 0.29) is 11.4 Å². The molecule has 1 aromatic rings. The van der Waals surface area contributed by atoms with Crippen molar-refractivity contribution in [3.8, 4) is 6.07 Å². The minimum atomic E-state index is -0.242. The molecule has 3 nitrogen and oxygen atoms in total. The molecule has 1 amide bonds. The highest BCUT2D eigenvalue weighted by atomic mass is 79.9. The molecule has 0 atom stereocenters. The van der Waals surface area contributed by atoms with Crippen LogP contribution in [-0.2, 0) is 0 Å². The lowest BCUT2D eigenvalue weighted by atomic mass is 10.0. The fourth-order valence-corrected chi connectivity index (χ4v) is 2.37. The van der Waals surface area contributed by atoms with Gasteiger partial charge in [0.05, 0.1) is 11.6 Å². The average Bonchev–Trinajstić information content (AvgIpc) is 2.28. The molecule has 0 saturated heterocycles. The summed E-state index contributed by atoms with van der Waals surface area (Å²) in [5.41, 5.74) is 0.891. The zero-order chi connectivity index (χ0) is 12.9. The first-order chi connectivity index (χ1) is 7.98. The van der Waals surface area contributed by atoms with Crippen molar-refractivity contribution in [3.63, 3.8) is 0 Å². The molecule has 1 rings (SSSR count). The van der Waals surface area contributed by atoms with Crippen molar-refractivity contribution in [2.75, 3.05) is 5.33 Å².